The minimum Gasteiger partial charge on any atom is -0.465 e. The van der Waals surface area contributed by atoms with Crippen LogP contribution in [0.2, 0.25) is 0 Å². The number of imide groups is 1. The van der Waals surface area contributed by atoms with E-state index < -0.39 is 64.9 Å². The maximum atomic E-state index is 13.7. The molecule has 2 fully saturated rings. The lowest BCUT2D eigenvalue weighted by Crippen LogP contribution is -2.45. The van der Waals surface area contributed by atoms with Gasteiger partial charge in [-0.05, 0) is 50.8 Å². The number of halogens is 2. The highest BCUT2D eigenvalue weighted by atomic mass is 19.1. The summed E-state index contributed by atoms with van der Waals surface area (Å²) in [4.78, 5) is 49.0. The van der Waals surface area contributed by atoms with Gasteiger partial charge in [-0.3, -0.25) is 19.8 Å². The third-order valence-corrected chi connectivity index (χ3v) is 5.29. The number of ketones is 1. The number of hydrogen-bond donors (Lipinski definition) is 2. The molecule has 0 radical (unpaired) electrons. The number of amides is 3. The largest absolute Gasteiger partial charge is 0.465 e. The standard InChI is InChI=1S/C20H22F2N2O6/c1-19(2,3)30-17(27)23-15(26)7-14(25)16-13-8-20(13,9-24(16)18(28)29)10-4-11(21)6-12(22)5-10/h4-6,13,16H,7-9H2,1-3H3,(H,28,29)(H,23,26,27)/t13-,16?,20+/m0/s1. The van der Waals surface area contributed by atoms with E-state index in [1.807, 2.05) is 5.32 Å². The van der Waals surface area contributed by atoms with E-state index in [0.29, 0.717) is 12.5 Å². The normalized spacial score (nSPS) is 24.8. The van der Waals surface area contributed by atoms with Crippen molar-refractivity contribution in [2.75, 3.05) is 6.54 Å². The average Bonchev–Trinajstić information content (AvgIpc) is 3.17. The van der Waals surface area contributed by atoms with E-state index in [9.17, 15) is 33.1 Å². The van der Waals surface area contributed by atoms with E-state index in [-0.39, 0.29) is 12.1 Å². The molecule has 3 rings (SSSR count). The zero-order chi connectivity index (χ0) is 22.4. The summed E-state index contributed by atoms with van der Waals surface area (Å²) in [6, 6.07) is 1.83. The van der Waals surface area contributed by atoms with Crippen molar-refractivity contribution in [1.29, 1.82) is 0 Å². The van der Waals surface area contributed by atoms with Crippen LogP contribution in [0.15, 0.2) is 18.2 Å². The number of benzene rings is 1. The van der Waals surface area contributed by atoms with Gasteiger partial charge in [0, 0.05) is 18.0 Å². The van der Waals surface area contributed by atoms with Crippen LogP contribution in [0.4, 0.5) is 18.4 Å². The lowest BCUT2D eigenvalue weighted by atomic mass is 9.93. The van der Waals surface area contributed by atoms with Crippen LogP contribution in [0, 0.1) is 17.6 Å². The molecule has 1 aromatic rings. The molecule has 1 aromatic carbocycles. The quantitative estimate of drug-likeness (QED) is 0.719. The number of likely N-dealkylation sites (tertiary alicyclic amines) is 1. The fraction of sp³-hybridized carbons (Fsp3) is 0.500. The highest BCUT2D eigenvalue weighted by Crippen LogP contribution is 2.62. The molecule has 0 aromatic heterocycles. The Balaban J connectivity index is 1.73. The highest BCUT2D eigenvalue weighted by Gasteiger charge is 2.68. The van der Waals surface area contributed by atoms with Gasteiger partial charge in [0.2, 0.25) is 5.91 Å². The fourth-order valence-electron chi connectivity index (χ4n) is 4.12. The number of rotatable bonds is 4. The first-order valence-electron chi connectivity index (χ1n) is 9.34. The maximum absolute atomic E-state index is 13.7. The molecule has 10 heteroatoms. The van der Waals surface area contributed by atoms with Crippen LogP contribution in [0.5, 0.6) is 0 Å². The number of piperidine rings is 1. The van der Waals surface area contributed by atoms with Crippen molar-refractivity contribution in [3.05, 3.63) is 35.4 Å². The Morgan fingerprint density at radius 3 is 2.33 bits per heavy atom. The van der Waals surface area contributed by atoms with E-state index in [0.717, 1.165) is 17.0 Å². The molecule has 0 bridgehead atoms. The molecule has 3 amide bonds. The van der Waals surface area contributed by atoms with Crippen LogP contribution in [-0.4, -0.2) is 52.1 Å². The van der Waals surface area contributed by atoms with Crippen molar-refractivity contribution >= 4 is 23.9 Å². The Bertz CT molecular complexity index is 908. The minimum atomic E-state index is -1.37. The second-order valence-corrected chi connectivity index (χ2v) is 8.67. The van der Waals surface area contributed by atoms with Crippen molar-refractivity contribution in [2.24, 2.45) is 5.92 Å². The number of hydrogen-bond acceptors (Lipinski definition) is 5. The summed E-state index contributed by atoms with van der Waals surface area (Å²) >= 11 is 0. The summed E-state index contributed by atoms with van der Waals surface area (Å²) in [7, 11) is 0. The Kier molecular flexibility index (Phi) is 5.30. The van der Waals surface area contributed by atoms with Crippen LogP contribution in [0.3, 0.4) is 0 Å². The Labute approximate surface area is 171 Å². The smallest absolute Gasteiger partial charge is 0.414 e. The molecule has 2 aliphatic rings. The van der Waals surface area contributed by atoms with Gasteiger partial charge >= 0.3 is 12.2 Å². The van der Waals surface area contributed by atoms with Crippen molar-refractivity contribution in [1.82, 2.24) is 10.2 Å². The molecule has 1 unspecified atom stereocenters. The fourth-order valence-corrected chi connectivity index (χ4v) is 4.12. The third kappa shape index (κ3) is 4.27. The van der Waals surface area contributed by atoms with Gasteiger partial charge in [-0.25, -0.2) is 18.4 Å². The van der Waals surface area contributed by atoms with Gasteiger partial charge in [-0.2, -0.15) is 0 Å². The van der Waals surface area contributed by atoms with Crippen molar-refractivity contribution in [3.8, 4) is 0 Å². The van der Waals surface area contributed by atoms with Crippen LogP contribution in [0.25, 0.3) is 0 Å². The predicted octanol–water partition coefficient (Wildman–Crippen LogP) is 2.60. The van der Waals surface area contributed by atoms with E-state index in [1.54, 1.807) is 20.8 Å². The molecule has 3 atom stereocenters. The number of nitrogens with one attached hydrogen (secondary N) is 1. The summed E-state index contributed by atoms with van der Waals surface area (Å²) in [5, 5.41) is 11.4. The number of carboxylic acid groups (broad SMARTS) is 1. The molecule has 1 aliphatic heterocycles. The summed E-state index contributed by atoms with van der Waals surface area (Å²) in [6.07, 6.45) is -2.75. The molecule has 1 aliphatic carbocycles. The first-order valence-corrected chi connectivity index (χ1v) is 9.34. The molecule has 162 valence electrons. The van der Waals surface area contributed by atoms with Crippen molar-refractivity contribution in [3.63, 3.8) is 0 Å². The topological polar surface area (TPSA) is 113 Å². The molecule has 1 heterocycles. The summed E-state index contributed by atoms with van der Waals surface area (Å²) in [5.41, 5.74) is -1.43. The minimum absolute atomic E-state index is 0.111. The first kappa shape index (κ1) is 21.7. The molecule has 30 heavy (non-hydrogen) atoms. The van der Waals surface area contributed by atoms with Gasteiger partial charge < -0.3 is 9.84 Å². The average molecular weight is 424 g/mol. The molecule has 2 N–H and O–H groups in total. The van der Waals surface area contributed by atoms with E-state index in [2.05, 4.69) is 0 Å². The third-order valence-electron chi connectivity index (χ3n) is 5.29. The second kappa shape index (κ2) is 7.33. The van der Waals surface area contributed by atoms with Gasteiger partial charge in [0.05, 0.1) is 12.5 Å². The zero-order valence-electron chi connectivity index (χ0n) is 16.7. The van der Waals surface area contributed by atoms with Crippen LogP contribution in [0.1, 0.15) is 39.2 Å². The van der Waals surface area contributed by atoms with Crippen LogP contribution in [-0.2, 0) is 19.7 Å². The highest BCUT2D eigenvalue weighted by molar-refractivity contribution is 6.06. The lowest BCUT2D eigenvalue weighted by molar-refractivity contribution is -0.130. The van der Waals surface area contributed by atoms with Crippen molar-refractivity contribution < 1.29 is 37.8 Å². The molecule has 1 saturated heterocycles. The molecular formula is C20H22F2N2O6. The van der Waals surface area contributed by atoms with Gasteiger partial charge in [0.1, 0.15) is 17.2 Å². The zero-order valence-corrected chi connectivity index (χ0v) is 16.7. The molecular weight excluding hydrogens is 402 g/mol. The van der Waals surface area contributed by atoms with E-state index >= 15 is 0 Å². The summed E-state index contributed by atoms with van der Waals surface area (Å²) in [6.45, 7) is 4.70. The Morgan fingerprint density at radius 1 is 1.20 bits per heavy atom. The number of carbonyl (C=O) groups is 4. The van der Waals surface area contributed by atoms with Gasteiger partial charge in [0.25, 0.3) is 0 Å². The second-order valence-electron chi connectivity index (χ2n) is 8.67. The van der Waals surface area contributed by atoms with Crippen LogP contribution < -0.4 is 5.32 Å². The maximum Gasteiger partial charge on any atom is 0.414 e. The number of carbonyl (C=O) groups excluding carboxylic acids is 3. The Hall–Kier alpha value is -3.04. The predicted molar refractivity (Wildman–Crippen MR) is 98.7 cm³/mol. The van der Waals surface area contributed by atoms with Gasteiger partial charge in [-0.1, -0.05) is 0 Å². The number of alkyl carbamates (subject to hydrolysis) is 1. The molecule has 1 saturated carbocycles. The Morgan fingerprint density at radius 2 is 1.80 bits per heavy atom. The number of nitrogens with zero attached hydrogens (tertiary/aromatic N) is 1. The summed E-state index contributed by atoms with van der Waals surface area (Å²) < 4.78 is 32.3. The SMILES string of the molecule is CC(C)(C)OC(=O)NC(=O)CC(=O)C1[C@@H]2C[C@]2(c2cc(F)cc(F)c2)CN1C(=O)O. The van der Waals surface area contributed by atoms with Crippen LogP contribution >= 0.6 is 0 Å². The monoisotopic (exact) mass is 424 g/mol. The first-order chi connectivity index (χ1) is 13.8. The number of fused-ring (bicyclic) bond motifs is 1. The van der Waals surface area contributed by atoms with E-state index in [1.165, 1.54) is 0 Å². The van der Waals surface area contributed by atoms with E-state index in [4.69, 9.17) is 4.74 Å². The molecule has 0 spiro atoms. The van der Waals surface area contributed by atoms with Crippen molar-refractivity contribution in [2.45, 2.75) is 50.7 Å². The van der Waals surface area contributed by atoms with Gasteiger partial charge in [0.15, 0.2) is 5.78 Å². The summed E-state index contributed by atoms with van der Waals surface area (Å²) in [5.74, 6) is -3.71. The lowest BCUT2D eigenvalue weighted by Gasteiger charge is -2.24. The number of ether oxygens (including phenoxy) is 1. The molecule has 8 nitrogen and oxygen atoms in total. The number of Topliss-reactive ketones (excluding diaryl/α,β-unsaturated/α-hetero) is 1. The van der Waals surface area contributed by atoms with Gasteiger partial charge in [-0.15, -0.1) is 0 Å².